The van der Waals surface area contributed by atoms with Gasteiger partial charge in [-0.1, -0.05) is 18.2 Å². The second kappa shape index (κ2) is 2.75. The van der Waals surface area contributed by atoms with Gasteiger partial charge in [-0.15, -0.1) is 0 Å². The summed E-state index contributed by atoms with van der Waals surface area (Å²) >= 11 is 0. The standard InChI is InChI=1S/C12H12O4/c1-6(10(13)14)4-12-5-7-2-3-8(12)9(7)16-11(12)15/h2-4,7-9H,5H2,1H3,(H,13,14). The van der Waals surface area contributed by atoms with Crippen LogP contribution in [-0.4, -0.2) is 23.1 Å². The van der Waals surface area contributed by atoms with Gasteiger partial charge in [-0.2, -0.15) is 0 Å². The van der Waals surface area contributed by atoms with E-state index in [-0.39, 0.29) is 29.5 Å². The van der Waals surface area contributed by atoms with Gasteiger partial charge in [0.05, 0.1) is 5.41 Å². The molecule has 0 aromatic heterocycles. The first-order chi connectivity index (χ1) is 7.54. The number of hydrogen-bond donors (Lipinski definition) is 1. The first kappa shape index (κ1) is 9.63. The maximum absolute atomic E-state index is 11.8. The van der Waals surface area contributed by atoms with Crippen molar-refractivity contribution in [3.8, 4) is 0 Å². The molecule has 0 spiro atoms. The largest absolute Gasteiger partial charge is 0.478 e. The van der Waals surface area contributed by atoms with Crippen molar-refractivity contribution in [1.29, 1.82) is 0 Å². The normalized spacial score (nSPS) is 43.9. The topological polar surface area (TPSA) is 63.6 Å². The number of esters is 1. The molecule has 1 N–H and O–H groups in total. The quantitative estimate of drug-likeness (QED) is 0.430. The van der Waals surface area contributed by atoms with Gasteiger partial charge in [-0.3, -0.25) is 4.79 Å². The Morgan fingerprint density at radius 3 is 3.00 bits per heavy atom. The highest BCUT2D eigenvalue weighted by Crippen LogP contribution is 2.60. The lowest BCUT2D eigenvalue weighted by molar-refractivity contribution is -0.152. The molecule has 2 aliphatic carbocycles. The van der Waals surface area contributed by atoms with Crippen molar-refractivity contribution >= 4 is 11.9 Å². The zero-order valence-corrected chi connectivity index (χ0v) is 8.84. The Labute approximate surface area is 92.6 Å². The summed E-state index contributed by atoms with van der Waals surface area (Å²) in [4.78, 5) is 22.6. The first-order valence-corrected chi connectivity index (χ1v) is 5.37. The van der Waals surface area contributed by atoms with Crippen LogP contribution < -0.4 is 0 Å². The summed E-state index contributed by atoms with van der Waals surface area (Å²) in [7, 11) is 0. The Hall–Kier alpha value is -1.58. The van der Waals surface area contributed by atoms with E-state index in [4.69, 9.17) is 9.84 Å². The predicted octanol–water partition coefficient (Wildman–Crippen LogP) is 1.14. The number of aliphatic carboxylic acids is 1. The monoisotopic (exact) mass is 220 g/mol. The summed E-state index contributed by atoms with van der Waals surface area (Å²) in [5.41, 5.74) is -0.481. The average molecular weight is 220 g/mol. The Balaban J connectivity index is 2.05. The number of carbonyl (C=O) groups is 2. The molecule has 0 amide bonds. The Kier molecular flexibility index (Phi) is 1.66. The maximum Gasteiger partial charge on any atom is 0.330 e. The number of ether oxygens (including phenoxy) is 1. The summed E-state index contributed by atoms with van der Waals surface area (Å²) in [5.74, 6) is -0.916. The smallest absolute Gasteiger partial charge is 0.330 e. The summed E-state index contributed by atoms with van der Waals surface area (Å²) in [5, 5.41) is 8.88. The number of carbonyl (C=O) groups excluding carboxylic acids is 1. The number of rotatable bonds is 2. The van der Waals surface area contributed by atoms with Crippen LogP contribution in [0.1, 0.15) is 13.3 Å². The molecule has 3 aliphatic rings. The van der Waals surface area contributed by atoms with E-state index in [1.807, 2.05) is 6.08 Å². The number of carboxylic acid groups (broad SMARTS) is 1. The van der Waals surface area contributed by atoms with E-state index in [1.54, 1.807) is 6.08 Å². The molecule has 3 rings (SSSR count). The third-order valence-electron chi connectivity index (χ3n) is 3.94. The number of hydrogen-bond acceptors (Lipinski definition) is 3. The third-order valence-corrected chi connectivity index (χ3v) is 3.94. The van der Waals surface area contributed by atoms with Gasteiger partial charge in [-0.05, 0) is 13.3 Å². The molecule has 1 saturated heterocycles. The fourth-order valence-electron chi connectivity index (χ4n) is 3.20. The highest BCUT2D eigenvalue weighted by Gasteiger charge is 2.65. The highest BCUT2D eigenvalue weighted by atomic mass is 16.6. The van der Waals surface area contributed by atoms with Gasteiger partial charge >= 0.3 is 11.9 Å². The van der Waals surface area contributed by atoms with E-state index in [0.29, 0.717) is 6.42 Å². The SMILES string of the molecule is CC(=CC12CC3C=CC1C3OC2=O)C(=O)O. The van der Waals surface area contributed by atoms with Crippen LogP contribution in [0.5, 0.6) is 0 Å². The van der Waals surface area contributed by atoms with Gasteiger partial charge in [0.15, 0.2) is 0 Å². The molecule has 4 heteroatoms. The predicted molar refractivity (Wildman–Crippen MR) is 54.4 cm³/mol. The second-order valence-electron chi connectivity index (χ2n) is 4.82. The minimum Gasteiger partial charge on any atom is -0.478 e. The van der Waals surface area contributed by atoms with Crippen LogP contribution in [0.2, 0.25) is 0 Å². The van der Waals surface area contributed by atoms with E-state index in [9.17, 15) is 9.59 Å². The second-order valence-corrected chi connectivity index (χ2v) is 4.82. The molecule has 1 heterocycles. The molecule has 1 saturated carbocycles. The molecule has 4 nitrogen and oxygen atoms in total. The van der Waals surface area contributed by atoms with E-state index < -0.39 is 11.4 Å². The van der Waals surface area contributed by atoms with Crippen molar-refractivity contribution in [1.82, 2.24) is 0 Å². The summed E-state index contributed by atoms with van der Waals surface area (Å²) in [6, 6.07) is 0. The molecular weight excluding hydrogens is 208 g/mol. The van der Waals surface area contributed by atoms with Crippen LogP contribution in [0.3, 0.4) is 0 Å². The lowest BCUT2D eigenvalue weighted by Crippen LogP contribution is -2.32. The van der Waals surface area contributed by atoms with Crippen LogP contribution in [0.15, 0.2) is 23.8 Å². The van der Waals surface area contributed by atoms with Crippen LogP contribution >= 0.6 is 0 Å². The zero-order chi connectivity index (χ0) is 11.5. The van der Waals surface area contributed by atoms with Crippen molar-refractivity contribution in [2.75, 3.05) is 0 Å². The van der Waals surface area contributed by atoms with Gasteiger partial charge in [0, 0.05) is 17.4 Å². The zero-order valence-electron chi connectivity index (χ0n) is 8.84. The van der Waals surface area contributed by atoms with E-state index in [2.05, 4.69) is 6.08 Å². The molecular formula is C12H12O4. The van der Waals surface area contributed by atoms with Gasteiger partial charge in [0.2, 0.25) is 0 Å². The molecule has 0 radical (unpaired) electrons. The Morgan fingerprint density at radius 1 is 1.62 bits per heavy atom. The summed E-state index contributed by atoms with van der Waals surface area (Å²) in [6.07, 6.45) is 6.30. The Bertz CT molecular complexity index is 448. The Morgan fingerprint density at radius 2 is 2.38 bits per heavy atom. The molecule has 0 aromatic rings. The van der Waals surface area contributed by atoms with Crippen molar-refractivity contribution in [2.45, 2.75) is 19.4 Å². The lowest BCUT2D eigenvalue weighted by atomic mass is 9.75. The third kappa shape index (κ3) is 0.944. The van der Waals surface area contributed by atoms with Gasteiger partial charge in [0.25, 0.3) is 0 Å². The van der Waals surface area contributed by atoms with Crippen LogP contribution in [0.25, 0.3) is 0 Å². The minimum absolute atomic E-state index is 0.0410. The van der Waals surface area contributed by atoms with Gasteiger partial charge < -0.3 is 9.84 Å². The first-order valence-electron chi connectivity index (χ1n) is 5.37. The molecule has 1 aliphatic heterocycles. The van der Waals surface area contributed by atoms with E-state index in [0.717, 1.165) is 0 Å². The van der Waals surface area contributed by atoms with Crippen molar-refractivity contribution in [3.63, 3.8) is 0 Å². The fraction of sp³-hybridized carbons (Fsp3) is 0.500. The summed E-state index contributed by atoms with van der Waals surface area (Å²) < 4.78 is 5.29. The van der Waals surface area contributed by atoms with Crippen molar-refractivity contribution in [2.24, 2.45) is 17.3 Å². The highest BCUT2D eigenvalue weighted by molar-refractivity contribution is 5.90. The molecule has 2 fully saturated rings. The average Bonchev–Trinajstić information content (AvgIpc) is 2.81. The molecule has 84 valence electrons. The van der Waals surface area contributed by atoms with Gasteiger partial charge in [0.1, 0.15) is 6.10 Å². The fourth-order valence-corrected chi connectivity index (χ4v) is 3.20. The van der Waals surface area contributed by atoms with Crippen LogP contribution in [0.4, 0.5) is 0 Å². The molecule has 4 atom stereocenters. The van der Waals surface area contributed by atoms with Crippen LogP contribution in [-0.2, 0) is 14.3 Å². The van der Waals surface area contributed by atoms with Crippen LogP contribution in [0, 0.1) is 17.3 Å². The van der Waals surface area contributed by atoms with E-state index in [1.165, 1.54) is 6.92 Å². The van der Waals surface area contributed by atoms with Crippen molar-refractivity contribution in [3.05, 3.63) is 23.8 Å². The van der Waals surface area contributed by atoms with Gasteiger partial charge in [-0.25, -0.2) is 4.79 Å². The maximum atomic E-state index is 11.8. The van der Waals surface area contributed by atoms with E-state index >= 15 is 0 Å². The lowest BCUT2D eigenvalue weighted by Gasteiger charge is -2.27. The molecule has 16 heavy (non-hydrogen) atoms. The minimum atomic E-state index is -0.975. The van der Waals surface area contributed by atoms with Crippen molar-refractivity contribution < 1.29 is 19.4 Å². The molecule has 0 aromatic carbocycles. The number of carboxylic acids is 1. The molecule has 4 unspecified atom stereocenters. The summed E-state index contributed by atoms with van der Waals surface area (Å²) in [6.45, 7) is 1.52. The molecule has 4 bridgehead atoms.